The van der Waals surface area contributed by atoms with E-state index in [2.05, 4.69) is 44.2 Å². The molecule has 3 nitrogen and oxygen atoms in total. The first-order valence-electron chi connectivity index (χ1n) is 12.5. The van der Waals surface area contributed by atoms with E-state index in [1.807, 2.05) is 12.4 Å². The Bertz CT molecular complexity index is 809. The van der Waals surface area contributed by atoms with Crippen molar-refractivity contribution in [1.29, 1.82) is 5.26 Å². The Hall–Kier alpha value is -2.21. The third-order valence-electron chi connectivity index (χ3n) is 7.08. The molecule has 31 heavy (non-hydrogen) atoms. The number of aryl methyl sites for hydroxylation is 1. The van der Waals surface area contributed by atoms with Gasteiger partial charge in [0.2, 0.25) is 0 Å². The van der Waals surface area contributed by atoms with Gasteiger partial charge in [-0.1, -0.05) is 76.6 Å². The minimum atomic E-state index is -0.107. The van der Waals surface area contributed by atoms with Gasteiger partial charge in [-0.15, -0.1) is 0 Å². The zero-order valence-corrected chi connectivity index (χ0v) is 19.6. The summed E-state index contributed by atoms with van der Waals surface area (Å²) >= 11 is 0. The first-order valence-corrected chi connectivity index (χ1v) is 12.5. The normalized spacial score (nSPS) is 21.0. The van der Waals surface area contributed by atoms with Gasteiger partial charge in [0.15, 0.2) is 0 Å². The molecule has 2 aromatic rings. The molecule has 0 atom stereocenters. The van der Waals surface area contributed by atoms with E-state index in [4.69, 9.17) is 9.97 Å². The second-order valence-corrected chi connectivity index (χ2v) is 9.46. The number of benzene rings is 1. The lowest BCUT2D eigenvalue weighted by Gasteiger charge is -2.34. The van der Waals surface area contributed by atoms with Crippen LogP contribution < -0.4 is 0 Å². The molecular weight excluding hydrogens is 378 g/mol. The fourth-order valence-electron chi connectivity index (χ4n) is 4.86. The van der Waals surface area contributed by atoms with E-state index < -0.39 is 0 Å². The first-order chi connectivity index (χ1) is 15.2. The Balaban J connectivity index is 1.53. The number of unbranched alkanes of at least 4 members (excludes halogenated alkanes) is 5. The molecular formula is C28H39N3. The zero-order valence-electron chi connectivity index (χ0n) is 19.6. The third kappa shape index (κ3) is 6.63. The second kappa shape index (κ2) is 12.0. The predicted octanol–water partition coefficient (Wildman–Crippen LogP) is 8.01. The van der Waals surface area contributed by atoms with Gasteiger partial charge in [0.25, 0.3) is 0 Å². The molecule has 0 bridgehead atoms. The maximum absolute atomic E-state index is 9.71. The van der Waals surface area contributed by atoms with Crippen LogP contribution in [0.4, 0.5) is 0 Å². The molecule has 3 rings (SSSR count). The van der Waals surface area contributed by atoms with Crippen LogP contribution in [0.1, 0.15) is 108 Å². The predicted molar refractivity (Wildman–Crippen MR) is 129 cm³/mol. The average Bonchev–Trinajstić information content (AvgIpc) is 2.83. The topological polar surface area (TPSA) is 49.6 Å². The van der Waals surface area contributed by atoms with Gasteiger partial charge >= 0.3 is 0 Å². The molecule has 0 N–H and O–H groups in total. The van der Waals surface area contributed by atoms with E-state index in [0.29, 0.717) is 5.92 Å². The van der Waals surface area contributed by atoms with E-state index in [1.54, 1.807) is 0 Å². The maximum Gasteiger partial charge on any atom is 0.131 e. The molecule has 0 amide bonds. The van der Waals surface area contributed by atoms with Gasteiger partial charge in [0.05, 0.1) is 11.5 Å². The van der Waals surface area contributed by atoms with Crippen LogP contribution in [0.25, 0.3) is 11.1 Å². The van der Waals surface area contributed by atoms with Crippen molar-refractivity contribution < 1.29 is 0 Å². The van der Waals surface area contributed by atoms with Crippen molar-refractivity contribution in [2.24, 2.45) is 5.41 Å². The van der Waals surface area contributed by atoms with E-state index >= 15 is 0 Å². The van der Waals surface area contributed by atoms with Gasteiger partial charge in [-0.05, 0) is 56.1 Å². The summed E-state index contributed by atoms with van der Waals surface area (Å²) in [4.78, 5) is 9.44. The van der Waals surface area contributed by atoms with E-state index in [-0.39, 0.29) is 5.41 Å². The molecule has 1 aromatic heterocycles. The third-order valence-corrected chi connectivity index (χ3v) is 7.08. The SMILES string of the molecule is CCCCCCCc1ccc(-c2cnc([C@H]3CC[C@@](C#N)(CCCC)CC3)nc2)cc1. The lowest BCUT2D eigenvalue weighted by atomic mass is 9.68. The van der Waals surface area contributed by atoms with Crippen molar-refractivity contribution in [1.82, 2.24) is 9.97 Å². The van der Waals surface area contributed by atoms with Gasteiger partial charge in [-0.25, -0.2) is 9.97 Å². The van der Waals surface area contributed by atoms with Gasteiger partial charge in [0, 0.05) is 23.9 Å². The quantitative estimate of drug-likeness (QED) is 0.348. The van der Waals surface area contributed by atoms with Crippen molar-refractivity contribution in [3.63, 3.8) is 0 Å². The number of hydrogen-bond donors (Lipinski definition) is 0. The van der Waals surface area contributed by atoms with Crippen LogP contribution in [-0.2, 0) is 6.42 Å². The minimum Gasteiger partial charge on any atom is -0.240 e. The minimum absolute atomic E-state index is 0.107. The van der Waals surface area contributed by atoms with Crippen molar-refractivity contribution in [3.8, 4) is 17.2 Å². The van der Waals surface area contributed by atoms with Crippen LogP contribution in [0.5, 0.6) is 0 Å². The van der Waals surface area contributed by atoms with Gasteiger partial charge in [-0.3, -0.25) is 0 Å². The lowest BCUT2D eigenvalue weighted by Crippen LogP contribution is -2.26. The highest BCUT2D eigenvalue weighted by molar-refractivity contribution is 5.61. The molecule has 1 aromatic carbocycles. The van der Waals surface area contributed by atoms with Gasteiger partial charge in [0.1, 0.15) is 5.82 Å². The summed E-state index contributed by atoms with van der Waals surface area (Å²) in [5.41, 5.74) is 3.59. The maximum atomic E-state index is 9.71. The fourth-order valence-corrected chi connectivity index (χ4v) is 4.86. The molecule has 166 valence electrons. The van der Waals surface area contributed by atoms with E-state index in [1.165, 1.54) is 49.7 Å². The Labute approximate surface area is 189 Å². The van der Waals surface area contributed by atoms with Crippen LogP contribution in [-0.4, -0.2) is 9.97 Å². The first kappa shape index (κ1) is 23.5. The van der Waals surface area contributed by atoms with Crippen molar-refractivity contribution in [2.45, 2.75) is 103 Å². The largest absolute Gasteiger partial charge is 0.240 e. The fraction of sp³-hybridized carbons (Fsp3) is 0.607. The van der Waals surface area contributed by atoms with Crippen LogP contribution in [0.2, 0.25) is 0 Å². The highest BCUT2D eigenvalue weighted by Crippen LogP contribution is 2.44. The molecule has 1 aliphatic carbocycles. The summed E-state index contributed by atoms with van der Waals surface area (Å²) in [7, 11) is 0. The van der Waals surface area contributed by atoms with Crippen molar-refractivity contribution in [3.05, 3.63) is 48.0 Å². The van der Waals surface area contributed by atoms with Crippen LogP contribution in [0.15, 0.2) is 36.7 Å². The lowest BCUT2D eigenvalue weighted by molar-refractivity contribution is 0.221. The van der Waals surface area contributed by atoms with Gasteiger partial charge < -0.3 is 0 Å². The smallest absolute Gasteiger partial charge is 0.131 e. The molecule has 1 saturated carbocycles. The van der Waals surface area contributed by atoms with Gasteiger partial charge in [-0.2, -0.15) is 5.26 Å². The summed E-state index contributed by atoms with van der Waals surface area (Å²) in [6.07, 6.45) is 19.1. The Morgan fingerprint density at radius 1 is 0.871 bits per heavy atom. The van der Waals surface area contributed by atoms with E-state index in [0.717, 1.165) is 56.3 Å². The van der Waals surface area contributed by atoms with Crippen LogP contribution in [0.3, 0.4) is 0 Å². The monoisotopic (exact) mass is 417 g/mol. The molecule has 0 spiro atoms. The second-order valence-electron chi connectivity index (χ2n) is 9.46. The summed E-state index contributed by atoms with van der Waals surface area (Å²) < 4.78 is 0. The molecule has 0 unspecified atom stereocenters. The Kier molecular flexibility index (Phi) is 9.07. The zero-order chi connectivity index (χ0) is 21.9. The molecule has 3 heteroatoms. The molecule has 0 aliphatic heterocycles. The summed E-state index contributed by atoms with van der Waals surface area (Å²) in [6, 6.07) is 11.6. The average molecular weight is 418 g/mol. The van der Waals surface area contributed by atoms with Crippen molar-refractivity contribution in [2.75, 3.05) is 0 Å². The Morgan fingerprint density at radius 2 is 1.52 bits per heavy atom. The number of aromatic nitrogens is 2. The summed E-state index contributed by atoms with van der Waals surface area (Å²) in [6.45, 7) is 4.46. The summed E-state index contributed by atoms with van der Waals surface area (Å²) in [5, 5.41) is 9.71. The number of hydrogen-bond acceptors (Lipinski definition) is 3. The highest BCUT2D eigenvalue weighted by Gasteiger charge is 2.36. The van der Waals surface area contributed by atoms with Crippen LogP contribution in [0, 0.1) is 16.7 Å². The van der Waals surface area contributed by atoms with Crippen molar-refractivity contribution >= 4 is 0 Å². The Morgan fingerprint density at radius 3 is 2.13 bits per heavy atom. The number of rotatable bonds is 11. The molecule has 1 fully saturated rings. The molecule has 1 heterocycles. The number of nitrogens with zero attached hydrogens (tertiary/aromatic N) is 3. The van der Waals surface area contributed by atoms with E-state index in [9.17, 15) is 5.26 Å². The molecule has 1 aliphatic rings. The van der Waals surface area contributed by atoms with Crippen LogP contribution >= 0.6 is 0 Å². The summed E-state index contributed by atoms with van der Waals surface area (Å²) in [5.74, 6) is 1.35. The standard InChI is InChI=1S/C28H39N3/c1-3-5-7-8-9-10-23-11-13-24(14-12-23)26-20-30-27(31-21-26)25-15-18-28(22-29,19-16-25)17-6-4-2/h11-14,20-21,25H,3-10,15-19H2,1-2H3/t25-,28-. The molecule has 0 radical (unpaired) electrons. The molecule has 0 saturated heterocycles. The number of nitriles is 1. The highest BCUT2D eigenvalue weighted by atomic mass is 14.9.